The van der Waals surface area contributed by atoms with Crippen molar-refractivity contribution in [2.75, 3.05) is 24.2 Å². The van der Waals surface area contributed by atoms with Crippen molar-refractivity contribution in [3.05, 3.63) is 24.3 Å². The number of nitrogens with one attached hydrogen (secondary N) is 1. The minimum atomic E-state index is -3.85. The zero-order chi connectivity index (χ0) is 13.4. The normalized spacial score (nSPS) is 11.2. The van der Waals surface area contributed by atoms with Gasteiger partial charge >= 0.3 is 0 Å². The third-order valence-corrected chi connectivity index (χ3v) is 3.08. The van der Waals surface area contributed by atoms with Crippen molar-refractivity contribution >= 4 is 15.8 Å². The molecule has 0 aromatic heterocycles. The number of unbranched alkanes of at least 4 members (excludes halogenated alkanes) is 1. The van der Waals surface area contributed by atoms with Gasteiger partial charge in [0.15, 0.2) is 0 Å². The first-order valence-electron chi connectivity index (χ1n) is 5.93. The molecular weight excluding hydrogens is 254 g/mol. The predicted octanol–water partition coefficient (Wildman–Crippen LogP) is 2.17. The molecule has 0 spiro atoms. The average molecular weight is 273 g/mol. The van der Waals surface area contributed by atoms with E-state index in [1.807, 2.05) is 31.2 Å². The second-order valence-corrected chi connectivity index (χ2v) is 5.47. The Balaban J connectivity index is 2.28. The summed E-state index contributed by atoms with van der Waals surface area (Å²) in [5.41, 5.74) is 0.993. The number of rotatable bonds is 8. The lowest BCUT2D eigenvalue weighted by Crippen LogP contribution is -2.06. The number of anilines is 1. The molecule has 2 N–H and O–H groups in total. The van der Waals surface area contributed by atoms with Gasteiger partial charge in [0, 0.05) is 18.3 Å². The van der Waals surface area contributed by atoms with Crippen LogP contribution in [-0.2, 0) is 10.1 Å². The Kier molecular flexibility index (Phi) is 5.94. The summed E-state index contributed by atoms with van der Waals surface area (Å²) in [5, 5.41) is 3.18. The Bertz CT molecular complexity index is 459. The first-order chi connectivity index (χ1) is 8.51. The maximum Gasteiger partial charge on any atom is 0.264 e. The smallest absolute Gasteiger partial charge is 0.264 e. The molecular formula is C12H19NO4S. The monoisotopic (exact) mass is 273 g/mol. The molecule has 5 nitrogen and oxygen atoms in total. The number of ether oxygens (including phenoxy) is 1. The molecule has 18 heavy (non-hydrogen) atoms. The van der Waals surface area contributed by atoms with Crippen LogP contribution in [0.1, 0.15) is 19.8 Å². The van der Waals surface area contributed by atoms with Gasteiger partial charge in [-0.1, -0.05) is 6.07 Å². The maximum atomic E-state index is 10.5. The quantitative estimate of drug-likeness (QED) is 0.561. The first kappa shape index (κ1) is 14.8. The summed E-state index contributed by atoms with van der Waals surface area (Å²) >= 11 is 0. The second kappa shape index (κ2) is 7.23. The summed E-state index contributed by atoms with van der Waals surface area (Å²) < 4.78 is 35.0. The van der Waals surface area contributed by atoms with E-state index in [1.54, 1.807) is 0 Å². The highest BCUT2D eigenvalue weighted by atomic mass is 32.2. The van der Waals surface area contributed by atoms with Gasteiger partial charge in [0.25, 0.3) is 10.1 Å². The fourth-order valence-corrected chi connectivity index (χ4v) is 2.05. The molecule has 0 unspecified atom stereocenters. The third-order valence-electron chi connectivity index (χ3n) is 2.28. The van der Waals surface area contributed by atoms with Crippen LogP contribution in [0.3, 0.4) is 0 Å². The van der Waals surface area contributed by atoms with E-state index in [2.05, 4.69) is 5.32 Å². The van der Waals surface area contributed by atoms with Gasteiger partial charge in [0.05, 0.1) is 12.4 Å². The molecule has 1 aromatic rings. The maximum absolute atomic E-state index is 10.5. The molecule has 1 aromatic carbocycles. The van der Waals surface area contributed by atoms with Gasteiger partial charge in [-0.25, -0.2) is 0 Å². The van der Waals surface area contributed by atoms with Crippen molar-refractivity contribution in [3.63, 3.8) is 0 Å². The summed E-state index contributed by atoms with van der Waals surface area (Å²) in [6, 6.07) is 7.59. The third kappa shape index (κ3) is 6.46. The van der Waals surface area contributed by atoms with Crippen LogP contribution >= 0.6 is 0 Å². The molecule has 0 heterocycles. The van der Waals surface area contributed by atoms with Crippen molar-refractivity contribution < 1.29 is 17.7 Å². The Labute approximate surface area is 108 Å². The van der Waals surface area contributed by atoms with Crippen LogP contribution in [0.5, 0.6) is 5.75 Å². The summed E-state index contributed by atoms with van der Waals surface area (Å²) in [6.45, 7) is 3.30. The van der Waals surface area contributed by atoms with Crippen LogP contribution in [0.2, 0.25) is 0 Å². The lowest BCUT2D eigenvalue weighted by molar-refractivity contribution is 0.309. The van der Waals surface area contributed by atoms with E-state index in [9.17, 15) is 8.42 Å². The highest BCUT2D eigenvalue weighted by molar-refractivity contribution is 7.85. The van der Waals surface area contributed by atoms with E-state index < -0.39 is 10.1 Å². The van der Waals surface area contributed by atoms with Crippen molar-refractivity contribution in [1.82, 2.24) is 0 Å². The largest absolute Gasteiger partial charge is 0.494 e. The van der Waals surface area contributed by atoms with Crippen molar-refractivity contribution in [3.8, 4) is 5.75 Å². The summed E-state index contributed by atoms with van der Waals surface area (Å²) in [6.07, 6.45) is 0.983. The highest BCUT2D eigenvalue weighted by Crippen LogP contribution is 2.17. The van der Waals surface area contributed by atoms with Crippen LogP contribution in [0.25, 0.3) is 0 Å². The van der Waals surface area contributed by atoms with Crippen LogP contribution in [0, 0.1) is 0 Å². The summed E-state index contributed by atoms with van der Waals surface area (Å²) in [7, 11) is -3.85. The number of hydrogen-bond donors (Lipinski definition) is 2. The fourth-order valence-electron chi connectivity index (χ4n) is 1.48. The van der Waals surface area contributed by atoms with Crippen LogP contribution in [0.4, 0.5) is 5.69 Å². The standard InChI is InChI=1S/C12H19NO4S/c1-2-13-11-6-5-7-12(10-11)17-8-3-4-9-18(14,15)16/h5-7,10,13H,2-4,8-9H2,1H3,(H,14,15,16). The predicted molar refractivity (Wildman–Crippen MR) is 71.8 cm³/mol. The SMILES string of the molecule is CCNc1cccc(OCCCCS(=O)(=O)O)c1. The highest BCUT2D eigenvalue weighted by Gasteiger charge is 2.03. The van der Waals surface area contributed by atoms with Gasteiger partial charge in [0.1, 0.15) is 5.75 Å². The molecule has 0 bridgehead atoms. The zero-order valence-corrected chi connectivity index (χ0v) is 11.2. The number of benzene rings is 1. The molecule has 102 valence electrons. The lowest BCUT2D eigenvalue weighted by atomic mass is 10.3. The van der Waals surface area contributed by atoms with E-state index in [4.69, 9.17) is 9.29 Å². The van der Waals surface area contributed by atoms with Gasteiger partial charge < -0.3 is 10.1 Å². The van der Waals surface area contributed by atoms with Crippen molar-refractivity contribution in [1.29, 1.82) is 0 Å². The molecule has 0 saturated heterocycles. The lowest BCUT2D eigenvalue weighted by Gasteiger charge is -2.08. The van der Waals surface area contributed by atoms with E-state index in [0.29, 0.717) is 19.4 Å². The van der Waals surface area contributed by atoms with Crippen molar-refractivity contribution in [2.24, 2.45) is 0 Å². The van der Waals surface area contributed by atoms with Gasteiger partial charge in [-0.15, -0.1) is 0 Å². The minimum absolute atomic E-state index is 0.214. The topological polar surface area (TPSA) is 75.6 Å². The zero-order valence-electron chi connectivity index (χ0n) is 10.4. The Hall–Kier alpha value is -1.27. The summed E-state index contributed by atoms with van der Waals surface area (Å²) in [5.74, 6) is 0.536. The molecule has 0 aliphatic carbocycles. The van der Waals surface area contributed by atoms with Gasteiger partial charge in [-0.05, 0) is 31.9 Å². The van der Waals surface area contributed by atoms with Crippen LogP contribution in [-0.4, -0.2) is 31.9 Å². The average Bonchev–Trinajstić information content (AvgIpc) is 2.28. The Morgan fingerprint density at radius 1 is 1.33 bits per heavy atom. The molecule has 0 atom stereocenters. The van der Waals surface area contributed by atoms with E-state index in [1.165, 1.54) is 0 Å². The molecule has 0 fully saturated rings. The molecule has 1 rings (SSSR count). The van der Waals surface area contributed by atoms with Crippen LogP contribution < -0.4 is 10.1 Å². The first-order valence-corrected chi connectivity index (χ1v) is 7.54. The summed E-state index contributed by atoms with van der Waals surface area (Å²) in [4.78, 5) is 0. The van der Waals surface area contributed by atoms with Gasteiger partial charge in [0.2, 0.25) is 0 Å². The molecule has 6 heteroatoms. The molecule has 0 aliphatic heterocycles. The fraction of sp³-hybridized carbons (Fsp3) is 0.500. The van der Waals surface area contributed by atoms with Crippen LogP contribution in [0.15, 0.2) is 24.3 Å². The van der Waals surface area contributed by atoms with Gasteiger partial charge in [-0.3, -0.25) is 4.55 Å². The van der Waals surface area contributed by atoms with E-state index >= 15 is 0 Å². The molecule has 0 amide bonds. The molecule has 0 radical (unpaired) electrons. The molecule has 0 saturated carbocycles. The number of hydrogen-bond acceptors (Lipinski definition) is 4. The van der Waals surface area contributed by atoms with Gasteiger partial charge in [-0.2, -0.15) is 8.42 Å². The van der Waals surface area contributed by atoms with Crippen molar-refractivity contribution in [2.45, 2.75) is 19.8 Å². The minimum Gasteiger partial charge on any atom is -0.494 e. The Morgan fingerprint density at radius 2 is 2.11 bits per heavy atom. The van der Waals surface area contributed by atoms with E-state index in [-0.39, 0.29) is 5.75 Å². The second-order valence-electron chi connectivity index (χ2n) is 3.90. The van der Waals surface area contributed by atoms with E-state index in [0.717, 1.165) is 18.0 Å². The molecule has 0 aliphatic rings. The Morgan fingerprint density at radius 3 is 2.78 bits per heavy atom.